The van der Waals surface area contributed by atoms with E-state index in [0.29, 0.717) is 0 Å². The summed E-state index contributed by atoms with van der Waals surface area (Å²) in [4.78, 5) is 19.2. The van der Waals surface area contributed by atoms with E-state index in [1.165, 1.54) is 13.8 Å². The molecule has 0 saturated carbocycles. The van der Waals surface area contributed by atoms with Crippen molar-refractivity contribution in [1.82, 2.24) is 0 Å². The molecule has 0 fully saturated rings. The minimum Gasteiger partial charge on any atom is -0.478 e. The Labute approximate surface area is 95.6 Å². The van der Waals surface area contributed by atoms with Crippen LogP contribution in [0.3, 0.4) is 0 Å². The second-order valence-corrected chi connectivity index (χ2v) is 2.62. The van der Waals surface area contributed by atoms with Crippen molar-refractivity contribution >= 4 is 11.9 Å². The van der Waals surface area contributed by atoms with E-state index in [0.717, 1.165) is 0 Å². The van der Waals surface area contributed by atoms with Crippen LogP contribution in [-0.4, -0.2) is 45.6 Å². The predicted octanol–water partition coefficient (Wildman–Crippen LogP) is 0.511. The highest BCUT2D eigenvalue weighted by atomic mass is 16.4. The van der Waals surface area contributed by atoms with Gasteiger partial charge >= 0.3 is 11.9 Å². The second-order valence-electron chi connectivity index (χ2n) is 2.62. The lowest BCUT2D eigenvalue weighted by Gasteiger charge is -1.79. The number of carbonyl (C=O) groups is 2. The zero-order valence-corrected chi connectivity index (χ0v) is 9.43. The molecule has 4 N–H and O–H groups in total. The van der Waals surface area contributed by atoms with Gasteiger partial charge < -0.3 is 20.4 Å². The maximum absolute atomic E-state index is 9.60. The molecule has 0 aliphatic rings. The van der Waals surface area contributed by atoms with Crippen molar-refractivity contribution in [2.24, 2.45) is 0 Å². The third kappa shape index (κ3) is 29.5. The first kappa shape index (κ1) is 19.8. The van der Waals surface area contributed by atoms with Crippen LogP contribution >= 0.6 is 0 Å². The predicted molar refractivity (Wildman–Crippen MR) is 61.2 cm³/mol. The molecule has 0 aromatic carbocycles. The van der Waals surface area contributed by atoms with E-state index in [1.54, 1.807) is 0 Å². The molecular weight excluding hydrogens is 216 g/mol. The number of hydrogen-bond donors (Lipinski definition) is 4. The molecule has 0 amide bonds. The Morgan fingerprint density at radius 2 is 1.06 bits per heavy atom. The number of aliphatic hydroxyl groups is 2. The quantitative estimate of drug-likeness (QED) is 0.532. The summed E-state index contributed by atoms with van der Waals surface area (Å²) in [5.41, 5.74) is 0.352. The molecule has 0 heterocycles. The van der Waals surface area contributed by atoms with Crippen LogP contribution in [0.15, 0.2) is 24.3 Å². The van der Waals surface area contributed by atoms with Crippen LogP contribution < -0.4 is 0 Å². The van der Waals surface area contributed by atoms with Gasteiger partial charge in [0.2, 0.25) is 0 Å². The molecular formula is C10H20O6. The van der Waals surface area contributed by atoms with E-state index in [4.69, 9.17) is 20.4 Å². The fraction of sp³-hybridized carbons (Fsp3) is 0.400. The van der Waals surface area contributed by atoms with E-state index in [-0.39, 0.29) is 25.8 Å². The lowest BCUT2D eigenvalue weighted by atomic mass is 10.4. The average Bonchev–Trinajstić information content (AvgIpc) is 2.18. The Balaban J connectivity index is -0.0000000741. The highest BCUT2D eigenvalue weighted by Gasteiger charge is 1.90. The van der Waals surface area contributed by atoms with Crippen molar-refractivity contribution in [2.75, 3.05) is 13.2 Å². The van der Waals surface area contributed by atoms with E-state index < -0.39 is 11.9 Å². The molecule has 0 radical (unpaired) electrons. The summed E-state index contributed by atoms with van der Waals surface area (Å²) >= 11 is 0. The molecule has 0 rings (SSSR count). The molecule has 0 bridgehead atoms. The highest BCUT2D eigenvalue weighted by molar-refractivity contribution is 5.85. The van der Waals surface area contributed by atoms with Crippen molar-refractivity contribution in [1.29, 1.82) is 0 Å². The van der Waals surface area contributed by atoms with Gasteiger partial charge in [0, 0.05) is 12.6 Å². The van der Waals surface area contributed by atoms with Gasteiger partial charge in [-0.2, -0.15) is 0 Å². The van der Waals surface area contributed by atoms with Crippen molar-refractivity contribution in [3.63, 3.8) is 0 Å². The second kappa shape index (κ2) is 13.3. The van der Waals surface area contributed by atoms with Gasteiger partial charge in [-0.05, 0) is 13.8 Å². The van der Waals surface area contributed by atoms with Crippen LogP contribution in [0, 0.1) is 0 Å². The van der Waals surface area contributed by atoms with Crippen LogP contribution in [0.4, 0.5) is 0 Å². The maximum atomic E-state index is 9.60. The Bertz CT molecular complexity index is 199. The van der Waals surface area contributed by atoms with Crippen LogP contribution in [0.1, 0.15) is 15.3 Å². The maximum Gasteiger partial charge on any atom is 0.330 e. The van der Waals surface area contributed by atoms with Crippen molar-refractivity contribution in [3.8, 4) is 0 Å². The summed E-state index contributed by atoms with van der Waals surface area (Å²) in [6.45, 7) is 8.95. The van der Waals surface area contributed by atoms with Crippen LogP contribution in [0.2, 0.25) is 0 Å². The zero-order valence-electron chi connectivity index (χ0n) is 9.43. The van der Waals surface area contributed by atoms with Gasteiger partial charge in [0.1, 0.15) is 0 Å². The SMILES string of the molecule is C=C(C)C(=O)O.C=C(C)C(=O)O.OCCO.[2HH]. The number of carboxylic acid groups (broad SMARTS) is 2. The number of hydrogen-bond acceptors (Lipinski definition) is 4. The fourth-order valence-corrected chi connectivity index (χ4v) is 0. The van der Waals surface area contributed by atoms with Crippen LogP contribution in [0.25, 0.3) is 0 Å². The molecule has 16 heavy (non-hydrogen) atoms. The van der Waals surface area contributed by atoms with Gasteiger partial charge in [0.15, 0.2) is 0 Å². The van der Waals surface area contributed by atoms with Crippen LogP contribution in [-0.2, 0) is 9.59 Å². The third-order valence-corrected chi connectivity index (χ3v) is 0.830. The standard InChI is InChI=1S/2C4H6O2.C2H6O2.H2/c2*1-3(2)4(5)6;3-1-2-4;/h2*1H2,2H3,(H,5,6);3-4H,1-2H2;1H/i;;;1+1. The Kier molecular flexibility index (Phi) is 16.5. The normalized spacial score (nSPS) is 7.50. The molecule has 0 aliphatic heterocycles. The molecule has 6 nitrogen and oxygen atoms in total. The summed E-state index contributed by atoms with van der Waals surface area (Å²) in [5.74, 6) is -1.87. The largest absolute Gasteiger partial charge is 0.478 e. The number of aliphatic hydroxyl groups excluding tert-OH is 2. The van der Waals surface area contributed by atoms with Gasteiger partial charge in [-0.3, -0.25) is 0 Å². The molecule has 0 unspecified atom stereocenters. The zero-order chi connectivity index (χ0) is 13.7. The first-order chi connectivity index (χ1) is 7.20. The first-order valence-corrected chi connectivity index (χ1v) is 4.20. The van der Waals surface area contributed by atoms with E-state index >= 15 is 0 Å². The third-order valence-electron chi connectivity index (χ3n) is 0.830. The average molecular weight is 237 g/mol. The lowest BCUT2D eigenvalue weighted by molar-refractivity contribution is -0.133. The molecule has 6 heteroatoms. The lowest BCUT2D eigenvalue weighted by Crippen LogP contribution is -1.92. The number of carboxylic acids is 2. The van der Waals surface area contributed by atoms with E-state index in [2.05, 4.69) is 13.2 Å². The number of rotatable bonds is 3. The van der Waals surface area contributed by atoms with Crippen molar-refractivity contribution in [2.45, 2.75) is 13.8 Å². The summed E-state index contributed by atoms with van der Waals surface area (Å²) in [7, 11) is 0. The topological polar surface area (TPSA) is 115 Å². The Morgan fingerprint density at radius 3 is 1.06 bits per heavy atom. The van der Waals surface area contributed by atoms with Crippen LogP contribution in [0.5, 0.6) is 0 Å². The Hall–Kier alpha value is -1.66. The number of aliphatic carboxylic acids is 2. The smallest absolute Gasteiger partial charge is 0.330 e. The fourth-order valence-electron chi connectivity index (χ4n) is 0. The molecule has 0 aromatic rings. The molecule has 0 aromatic heterocycles. The molecule has 0 atom stereocenters. The molecule has 96 valence electrons. The molecule has 0 aliphatic carbocycles. The van der Waals surface area contributed by atoms with Gasteiger partial charge in [-0.1, -0.05) is 13.2 Å². The summed E-state index contributed by atoms with van der Waals surface area (Å²) < 4.78 is 0. The van der Waals surface area contributed by atoms with Crippen molar-refractivity contribution < 1.29 is 31.4 Å². The minimum atomic E-state index is -0.935. The van der Waals surface area contributed by atoms with Crippen molar-refractivity contribution in [3.05, 3.63) is 24.3 Å². The monoisotopic (exact) mass is 237 g/mol. The summed E-state index contributed by atoms with van der Waals surface area (Å²) in [6, 6.07) is 0. The van der Waals surface area contributed by atoms with Gasteiger partial charge in [0.25, 0.3) is 0 Å². The molecule has 0 saturated heterocycles. The Morgan fingerprint density at radius 1 is 0.938 bits per heavy atom. The van der Waals surface area contributed by atoms with Gasteiger partial charge in [0.05, 0.1) is 13.2 Å². The van der Waals surface area contributed by atoms with Gasteiger partial charge in [-0.15, -0.1) is 0 Å². The minimum absolute atomic E-state index is 0. The summed E-state index contributed by atoms with van der Waals surface area (Å²) in [6.07, 6.45) is 0. The highest BCUT2D eigenvalue weighted by Crippen LogP contribution is 1.81. The van der Waals surface area contributed by atoms with E-state index in [9.17, 15) is 9.59 Å². The van der Waals surface area contributed by atoms with E-state index in [1.807, 2.05) is 0 Å². The molecule has 0 spiro atoms. The van der Waals surface area contributed by atoms with Gasteiger partial charge in [-0.25, -0.2) is 9.59 Å². The summed E-state index contributed by atoms with van der Waals surface area (Å²) in [5, 5.41) is 31.0. The first-order valence-electron chi connectivity index (χ1n) is 4.20.